The summed E-state index contributed by atoms with van der Waals surface area (Å²) in [6.07, 6.45) is 0. The van der Waals surface area contributed by atoms with Crippen LogP contribution in [0.4, 0.5) is 0 Å². The van der Waals surface area contributed by atoms with E-state index in [1.165, 1.54) is 0 Å². The average Bonchev–Trinajstić information content (AvgIpc) is 4.14. The summed E-state index contributed by atoms with van der Waals surface area (Å²) in [6, 6.07) is 39.4. The molecule has 9 aromatic carbocycles. The molecule has 5 nitrogen and oxygen atoms in total. The van der Waals surface area contributed by atoms with Crippen molar-refractivity contribution in [1.82, 2.24) is 19.5 Å². The van der Waals surface area contributed by atoms with Crippen molar-refractivity contribution in [2.24, 2.45) is 0 Å². The first-order chi connectivity index (χ1) is 35.8. The normalized spacial score (nSPS) is 14.3. The molecule has 0 saturated carbocycles. The van der Waals surface area contributed by atoms with Crippen LogP contribution in [-0.4, -0.2) is 19.5 Å². The van der Waals surface area contributed by atoms with Crippen LogP contribution in [0.15, 0.2) is 210 Å². The molecule has 0 aliphatic carbocycles. The van der Waals surface area contributed by atoms with E-state index in [0.717, 1.165) is 64.2 Å². The van der Waals surface area contributed by atoms with Crippen LogP contribution in [0.3, 0.4) is 0 Å². The number of hydrogen-bond acceptors (Lipinski definition) is 5. The minimum absolute atomic E-state index is 0.143. The maximum atomic E-state index is 9.88. The lowest BCUT2D eigenvalue weighted by atomic mass is 9.96. The molecular weight excluding hydrogens is 789 g/mol. The van der Waals surface area contributed by atoms with E-state index in [0.29, 0.717) is 5.56 Å². The van der Waals surface area contributed by atoms with Gasteiger partial charge in [-0.15, -0.1) is 11.3 Å². The third-order valence-electron chi connectivity index (χ3n) is 11.5. The highest BCUT2D eigenvalue weighted by Crippen LogP contribution is 2.44. The maximum Gasteiger partial charge on any atom is 0.238 e. The number of thiophene rings is 1. The van der Waals surface area contributed by atoms with Gasteiger partial charge in [-0.3, -0.25) is 4.57 Å². The molecule has 13 aromatic rings. The van der Waals surface area contributed by atoms with Gasteiger partial charge in [0.05, 0.1) is 26.1 Å². The molecule has 294 valence electrons. The molecule has 0 N–H and O–H groups in total. The monoisotopic (exact) mass is 833 g/mol. The average molecular weight is 834 g/mol. The van der Waals surface area contributed by atoms with E-state index < -0.39 is 72.0 Å². The van der Waals surface area contributed by atoms with E-state index in [1.54, 1.807) is 11.3 Å². The summed E-state index contributed by atoms with van der Waals surface area (Å²) in [7, 11) is 0. The van der Waals surface area contributed by atoms with Crippen molar-refractivity contribution < 1.29 is 19.5 Å². The molecule has 63 heavy (non-hydrogen) atoms. The number of rotatable bonds is 6. The Balaban J connectivity index is 1.14. The molecule has 0 unspecified atom stereocenters. The Labute approximate surface area is 381 Å². The number of benzene rings is 9. The van der Waals surface area contributed by atoms with Crippen LogP contribution in [0.2, 0.25) is 0 Å². The van der Waals surface area contributed by atoms with E-state index in [9.17, 15) is 4.11 Å². The summed E-state index contributed by atoms with van der Waals surface area (Å²) in [5.41, 5.74) is 4.11. The second-order valence-electron chi connectivity index (χ2n) is 15.1. The predicted octanol–water partition coefficient (Wildman–Crippen LogP) is 15.6. The molecule has 0 aliphatic heterocycles. The van der Waals surface area contributed by atoms with Gasteiger partial charge >= 0.3 is 0 Å². The molecule has 0 saturated heterocycles. The predicted molar refractivity (Wildman–Crippen MR) is 262 cm³/mol. The summed E-state index contributed by atoms with van der Waals surface area (Å²) in [5, 5.41) is 3.76. The second kappa shape index (κ2) is 14.2. The molecule has 6 heteroatoms. The van der Waals surface area contributed by atoms with Crippen molar-refractivity contribution in [3.8, 4) is 62.1 Å². The standard InChI is InChI=1S/C57H34N4OS/c1-4-15-35(16-5-1)39-31-40(36-17-6-2-7-18-36)33-41(32-39)56-58-55(38-27-28-46-50(34-38)62-49-25-14-23-42(52(46)49)37-19-8-3-9-20-37)59-57(60-56)61-47-24-12-10-22-45(47)53-48(61)30-29-44-43-21-11-13-26-51(43)63-54(44)53/h1-34H/i3D,8D,9D,14D,19D,20D,23D,25D,27D,28D,34D. The Bertz CT molecular complexity index is 4490. The molecule has 0 fully saturated rings. The van der Waals surface area contributed by atoms with Crippen LogP contribution in [-0.2, 0) is 0 Å². The van der Waals surface area contributed by atoms with Crippen molar-refractivity contribution in [2.75, 3.05) is 0 Å². The third-order valence-corrected chi connectivity index (χ3v) is 12.7. The van der Waals surface area contributed by atoms with Gasteiger partial charge < -0.3 is 4.42 Å². The molecule has 0 radical (unpaired) electrons. The Kier molecular flexibility index (Phi) is 5.91. The quantitative estimate of drug-likeness (QED) is 0.167. The number of fused-ring (bicyclic) bond motifs is 10. The fraction of sp³-hybridized carbons (Fsp3) is 0. The zero-order valence-electron chi connectivity index (χ0n) is 43.9. The van der Waals surface area contributed by atoms with Gasteiger partial charge in [0.1, 0.15) is 11.2 Å². The zero-order chi connectivity index (χ0) is 51.0. The molecule has 0 bridgehead atoms. The Morgan fingerprint density at radius 2 is 1.13 bits per heavy atom. The Morgan fingerprint density at radius 1 is 0.444 bits per heavy atom. The minimum Gasteiger partial charge on any atom is -0.456 e. The lowest BCUT2D eigenvalue weighted by Crippen LogP contribution is -2.06. The molecule has 13 rings (SSSR count). The fourth-order valence-electron chi connectivity index (χ4n) is 8.63. The molecule has 0 spiro atoms. The fourth-order valence-corrected chi connectivity index (χ4v) is 9.89. The molecule has 0 atom stereocenters. The zero-order valence-corrected chi connectivity index (χ0v) is 33.7. The second-order valence-corrected chi connectivity index (χ2v) is 16.2. The van der Waals surface area contributed by atoms with Gasteiger partial charge in [-0.1, -0.05) is 151 Å². The molecule has 4 heterocycles. The van der Waals surface area contributed by atoms with Crippen LogP contribution in [0.1, 0.15) is 15.1 Å². The first-order valence-corrected chi connectivity index (χ1v) is 21.0. The lowest BCUT2D eigenvalue weighted by molar-refractivity contribution is 0.669. The van der Waals surface area contributed by atoms with Crippen molar-refractivity contribution in [1.29, 1.82) is 0 Å². The van der Waals surface area contributed by atoms with Crippen LogP contribution in [0.5, 0.6) is 0 Å². The van der Waals surface area contributed by atoms with Crippen molar-refractivity contribution in [2.45, 2.75) is 0 Å². The number of aromatic nitrogens is 4. The van der Waals surface area contributed by atoms with Crippen LogP contribution in [0, 0.1) is 0 Å². The van der Waals surface area contributed by atoms with Crippen LogP contribution < -0.4 is 0 Å². The van der Waals surface area contributed by atoms with Gasteiger partial charge in [0.2, 0.25) is 5.95 Å². The third kappa shape index (κ3) is 5.80. The Morgan fingerprint density at radius 3 is 1.90 bits per heavy atom. The van der Waals surface area contributed by atoms with Crippen molar-refractivity contribution in [3.05, 3.63) is 206 Å². The number of hydrogen-bond donors (Lipinski definition) is 0. The first-order valence-electron chi connectivity index (χ1n) is 25.7. The minimum atomic E-state index is -0.693. The van der Waals surface area contributed by atoms with Crippen molar-refractivity contribution in [3.63, 3.8) is 0 Å². The number of nitrogens with zero attached hydrogens (tertiary/aromatic N) is 4. The largest absolute Gasteiger partial charge is 0.456 e. The number of para-hydroxylation sites is 1. The highest BCUT2D eigenvalue weighted by atomic mass is 32.1. The SMILES string of the molecule is [2H]c1c([2H])c([2H])c(-c2c([2H])c([2H])c([2H])c3oc4c([2H])c(-c5nc(-c6cc(-c7ccccc7)cc(-c7ccccc7)c6)nc(-n6c7ccccc7c7c8sc9ccccc9c8ccc76)n5)c([2H])c([2H])c4c23)c([2H])c1[2H]. The van der Waals surface area contributed by atoms with Crippen LogP contribution in [0.25, 0.3) is 126 Å². The summed E-state index contributed by atoms with van der Waals surface area (Å²) >= 11 is 1.70. The van der Waals surface area contributed by atoms with E-state index in [-0.39, 0.29) is 50.7 Å². The van der Waals surface area contributed by atoms with Gasteiger partial charge in [-0.2, -0.15) is 9.97 Å². The molecule has 0 aliphatic rings. The summed E-state index contributed by atoms with van der Waals surface area (Å²) < 4.78 is 109. The summed E-state index contributed by atoms with van der Waals surface area (Å²) in [5.74, 6) is 0.210. The van der Waals surface area contributed by atoms with Gasteiger partial charge in [0.15, 0.2) is 11.6 Å². The summed E-state index contributed by atoms with van der Waals surface area (Å²) in [6.45, 7) is 0. The van der Waals surface area contributed by atoms with E-state index in [2.05, 4.69) is 30.3 Å². The highest BCUT2D eigenvalue weighted by molar-refractivity contribution is 7.26. The van der Waals surface area contributed by atoms with Gasteiger partial charge in [-0.25, -0.2) is 4.98 Å². The molecule has 4 aromatic heterocycles. The van der Waals surface area contributed by atoms with E-state index in [1.807, 2.05) is 114 Å². The summed E-state index contributed by atoms with van der Waals surface area (Å²) in [4.78, 5) is 15.4. The van der Waals surface area contributed by atoms with Gasteiger partial charge in [0, 0.05) is 52.8 Å². The maximum absolute atomic E-state index is 9.88. The molecule has 0 amide bonds. The van der Waals surface area contributed by atoms with Crippen molar-refractivity contribution >= 4 is 75.3 Å². The topological polar surface area (TPSA) is 56.7 Å². The van der Waals surface area contributed by atoms with Gasteiger partial charge in [0.25, 0.3) is 0 Å². The van der Waals surface area contributed by atoms with E-state index in [4.69, 9.17) is 30.3 Å². The van der Waals surface area contributed by atoms with Gasteiger partial charge in [-0.05, 0) is 87.9 Å². The van der Waals surface area contributed by atoms with E-state index >= 15 is 0 Å². The smallest absolute Gasteiger partial charge is 0.238 e. The molecular formula is C57H34N4OS. The Hall–Kier alpha value is -8.19. The van der Waals surface area contributed by atoms with Crippen LogP contribution >= 0.6 is 11.3 Å². The first kappa shape index (κ1) is 26.2. The number of furan rings is 1. The lowest BCUT2D eigenvalue weighted by Gasteiger charge is -2.13. The highest BCUT2D eigenvalue weighted by Gasteiger charge is 2.22.